The molecule has 0 aliphatic carbocycles. The molecule has 1 aromatic carbocycles. The van der Waals surface area contributed by atoms with E-state index in [0.717, 1.165) is 5.69 Å². The first-order valence-electron chi connectivity index (χ1n) is 6.55. The van der Waals surface area contributed by atoms with Crippen LogP contribution in [0.4, 0.5) is 10.1 Å². The van der Waals surface area contributed by atoms with Gasteiger partial charge in [-0.05, 0) is 48.0 Å². The highest BCUT2D eigenvalue weighted by Crippen LogP contribution is 2.19. The molecule has 0 aliphatic heterocycles. The zero-order valence-electron chi connectivity index (χ0n) is 11.7. The van der Waals surface area contributed by atoms with Crippen molar-refractivity contribution in [2.45, 2.75) is 26.1 Å². The molecule has 0 radical (unpaired) electrons. The molecule has 0 fully saturated rings. The highest BCUT2D eigenvalue weighted by Gasteiger charge is 2.05. The Labute approximate surface area is 127 Å². The van der Waals surface area contributed by atoms with E-state index in [1.807, 2.05) is 13.8 Å². The maximum Gasteiger partial charge on any atom is 0.137 e. The van der Waals surface area contributed by atoms with Crippen LogP contribution in [-0.4, -0.2) is 43.7 Å². The topological polar surface area (TPSA) is 50.7 Å². The first-order chi connectivity index (χ1) is 9.49. The quantitative estimate of drug-likeness (QED) is 0.673. The summed E-state index contributed by atoms with van der Waals surface area (Å²) in [5.41, 5.74) is 0.737. The Morgan fingerprint density at radius 1 is 1.35 bits per heavy atom. The lowest BCUT2D eigenvalue weighted by Gasteiger charge is -2.14. The summed E-state index contributed by atoms with van der Waals surface area (Å²) in [6, 6.07) is 4.60. The van der Waals surface area contributed by atoms with Crippen molar-refractivity contribution in [2.75, 3.05) is 31.7 Å². The molecule has 0 spiro atoms. The number of aliphatic hydroxyl groups is 1. The summed E-state index contributed by atoms with van der Waals surface area (Å²) in [6.45, 7) is 5.46. The summed E-state index contributed by atoms with van der Waals surface area (Å²) in [7, 11) is 0. The largest absolute Gasteiger partial charge is 0.389 e. The van der Waals surface area contributed by atoms with E-state index >= 15 is 0 Å². The van der Waals surface area contributed by atoms with Crippen molar-refractivity contribution in [3.05, 3.63) is 28.5 Å². The van der Waals surface area contributed by atoms with Gasteiger partial charge in [-0.2, -0.15) is 0 Å². The molecule has 1 aromatic rings. The van der Waals surface area contributed by atoms with Gasteiger partial charge in [0.2, 0.25) is 0 Å². The van der Waals surface area contributed by atoms with Gasteiger partial charge in [0.25, 0.3) is 0 Å². The van der Waals surface area contributed by atoms with Crippen molar-refractivity contribution >= 4 is 21.6 Å². The molecule has 0 saturated heterocycles. The van der Waals surface area contributed by atoms with Crippen LogP contribution >= 0.6 is 15.9 Å². The van der Waals surface area contributed by atoms with Crippen molar-refractivity contribution in [1.29, 1.82) is 0 Å². The Kier molecular flexibility index (Phi) is 8.06. The lowest BCUT2D eigenvalue weighted by Crippen LogP contribution is -2.25. The smallest absolute Gasteiger partial charge is 0.137 e. The van der Waals surface area contributed by atoms with Crippen molar-refractivity contribution in [1.82, 2.24) is 0 Å². The molecule has 0 aromatic heterocycles. The highest BCUT2D eigenvalue weighted by molar-refractivity contribution is 9.10. The molecule has 1 atom stereocenters. The molecule has 4 nitrogen and oxygen atoms in total. The number of halogens is 2. The minimum Gasteiger partial charge on any atom is -0.389 e. The average Bonchev–Trinajstić information content (AvgIpc) is 2.39. The van der Waals surface area contributed by atoms with Crippen LogP contribution in [0.15, 0.2) is 22.7 Å². The third-order valence-electron chi connectivity index (χ3n) is 2.45. The SMILES string of the molecule is CC(C)OCCOCC(O)CNc1ccc(F)c(Br)c1. The van der Waals surface area contributed by atoms with Gasteiger partial charge in [-0.3, -0.25) is 0 Å². The minimum atomic E-state index is -0.627. The predicted molar refractivity (Wildman–Crippen MR) is 80.5 cm³/mol. The summed E-state index contributed by atoms with van der Waals surface area (Å²) >= 11 is 3.11. The number of hydrogen-bond acceptors (Lipinski definition) is 4. The molecule has 1 unspecified atom stereocenters. The van der Waals surface area contributed by atoms with Gasteiger partial charge in [-0.1, -0.05) is 0 Å². The van der Waals surface area contributed by atoms with Gasteiger partial charge in [0.1, 0.15) is 5.82 Å². The van der Waals surface area contributed by atoms with Crippen LogP contribution in [0, 0.1) is 5.82 Å². The normalized spacial score (nSPS) is 12.7. The average molecular weight is 350 g/mol. The second kappa shape index (κ2) is 9.28. The van der Waals surface area contributed by atoms with Gasteiger partial charge in [0.05, 0.1) is 36.5 Å². The van der Waals surface area contributed by atoms with Crippen LogP contribution in [0.2, 0.25) is 0 Å². The standard InChI is InChI=1S/C14H21BrFNO3/c1-10(2)20-6-5-19-9-12(18)8-17-11-3-4-14(16)13(15)7-11/h3-4,7,10,12,17-18H,5-6,8-9H2,1-2H3. The van der Waals surface area contributed by atoms with Gasteiger partial charge >= 0.3 is 0 Å². The first-order valence-corrected chi connectivity index (χ1v) is 7.34. The van der Waals surface area contributed by atoms with E-state index in [4.69, 9.17) is 9.47 Å². The van der Waals surface area contributed by atoms with E-state index in [0.29, 0.717) is 24.2 Å². The first kappa shape index (κ1) is 17.4. The molecule has 0 amide bonds. The Balaban J connectivity index is 2.16. The number of hydrogen-bond donors (Lipinski definition) is 2. The summed E-state index contributed by atoms with van der Waals surface area (Å²) in [5.74, 6) is -0.315. The summed E-state index contributed by atoms with van der Waals surface area (Å²) in [5, 5.41) is 12.7. The summed E-state index contributed by atoms with van der Waals surface area (Å²) in [6.07, 6.45) is -0.444. The number of rotatable bonds is 9. The maximum atomic E-state index is 13.0. The lowest BCUT2D eigenvalue weighted by molar-refractivity contribution is -0.00734. The second-order valence-electron chi connectivity index (χ2n) is 4.66. The van der Waals surface area contributed by atoms with E-state index in [9.17, 15) is 9.50 Å². The fourth-order valence-electron chi connectivity index (χ4n) is 1.46. The van der Waals surface area contributed by atoms with E-state index in [1.165, 1.54) is 6.07 Å². The Bertz CT molecular complexity index is 404. The third kappa shape index (κ3) is 7.19. The van der Waals surface area contributed by atoms with Gasteiger partial charge < -0.3 is 19.9 Å². The molecule has 6 heteroatoms. The fraction of sp³-hybridized carbons (Fsp3) is 0.571. The van der Waals surface area contributed by atoms with E-state index in [1.54, 1.807) is 12.1 Å². The van der Waals surface area contributed by atoms with Crippen molar-refractivity contribution in [3.63, 3.8) is 0 Å². The summed E-state index contributed by atoms with van der Waals surface area (Å²) < 4.78 is 24.0. The molecule has 0 aliphatic rings. The molecule has 0 heterocycles. The van der Waals surface area contributed by atoms with Crippen molar-refractivity contribution in [2.24, 2.45) is 0 Å². The molecular formula is C14H21BrFNO3. The number of ether oxygens (including phenoxy) is 2. The van der Waals surface area contributed by atoms with Gasteiger partial charge in [-0.25, -0.2) is 4.39 Å². The lowest BCUT2D eigenvalue weighted by atomic mass is 10.3. The van der Waals surface area contributed by atoms with Crippen LogP contribution in [-0.2, 0) is 9.47 Å². The Morgan fingerprint density at radius 3 is 2.75 bits per heavy atom. The molecule has 0 saturated carbocycles. The van der Waals surface area contributed by atoms with E-state index in [2.05, 4.69) is 21.2 Å². The maximum absolute atomic E-state index is 13.0. The fourth-order valence-corrected chi connectivity index (χ4v) is 1.84. The zero-order valence-corrected chi connectivity index (χ0v) is 13.3. The minimum absolute atomic E-state index is 0.183. The number of nitrogens with one attached hydrogen (secondary N) is 1. The van der Waals surface area contributed by atoms with Gasteiger partial charge in [-0.15, -0.1) is 0 Å². The van der Waals surface area contributed by atoms with Crippen LogP contribution < -0.4 is 5.32 Å². The second-order valence-corrected chi connectivity index (χ2v) is 5.51. The highest BCUT2D eigenvalue weighted by atomic mass is 79.9. The summed E-state index contributed by atoms with van der Waals surface area (Å²) in [4.78, 5) is 0. The third-order valence-corrected chi connectivity index (χ3v) is 3.06. The van der Waals surface area contributed by atoms with Gasteiger partial charge in [0.15, 0.2) is 0 Å². The molecule has 1 rings (SSSR count). The van der Waals surface area contributed by atoms with Crippen LogP contribution in [0.25, 0.3) is 0 Å². The number of anilines is 1. The monoisotopic (exact) mass is 349 g/mol. The number of benzene rings is 1. The van der Waals surface area contributed by atoms with Crippen LogP contribution in [0.1, 0.15) is 13.8 Å². The molecule has 20 heavy (non-hydrogen) atoms. The van der Waals surface area contributed by atoms with E-state index in [-0.39, 0.29) is 18.5 Å². The predicted octanol–water partition coefficient (Wildman–Crippen LogP) is 2.80. The zero-order chi connectivity index (χ0) is 15.0. The number of aliphatic hydroxyl groups excluding tert-OH is 1. The molecule has 114 valence electrons. The molecule has 2 N–H and O–H groups in total. The van der Waals surface area contributed by atoms with Crippen molar-refractivity contribution in [3.8, 4) is 0 Å². The molecular weight excluding hydrogens is 329 g/mol. The molecule has 0 bridgehead atoms. The Morgan fingerprint density at radius 2 is 2.10 bits per heavy atom. The van der Waals surface area contributed by atoms with Gasteiger partial charge in [0, 0.05) is 12.2 Å². The Hall–Kier alpha value is -0.690. The van der Waals surface area contributed by atoms with Crippen LogP contribution in [0.3, 0.4) is 0 Å². The van der Waals surface area contributed by atoms with Crippen molar-refractivity contribution < 1.29 is 19.0 Å². The van der Waals surface area contributed by atoms with E-state index < -0.39 is 6.10 Å². The van der Waals surface area contributed by atoms with Crippen LogP contribution in [0.5, 0.6) is 0 Å².